The first-order valence-electron chi connectivity index (χ1n) is 6.12. The normalized spacial score (nSPS) is 13.5. The maximum Gasteiger partial charge on any atom is 0.231 e. The summed E-state index contributed by atoms with van der Waals surface area (Å²) in [6.45, 7) is 7.01. The maximum absolute atomic E-state index is 5.60. The first-order valence-corrected chi connectivity index (χ1v) is 6.12. The van der Waals surface area contributed by atoms with Crippen molar-refractivity contribution < 1.29 is 9.47 Å². The van der Waals surface area contributed by atoms with Crippen molar-refractivity contribution in [1.29, 1.82) is 0 Å². The van der Waals surface area contributed by atoms with E-state index in [-0.39, 0.29) is 0 Å². The highest BCUT2D eigenvalue weighted by atomic mass is 16.7. The Morgan fingerprint density at radius 2 is 1.75 bits per heavy atom. The molecule has 1 aromatic rings. The van der Waals surface area contributed by atoms with Crippen LogP contribution in [-0.2, 0) is 12.8 Å². The summed E-state index contributed by atoms with van der Waals surface area (Å²) < 4.78 is 11.2. The van der Waals surface area contributed by atoms with Crippen LogP contribution in [0.25, 0.3) is 0 Å². The summed E-state index contributed by atoms with van der Waals surface area (Å²) >= 11 is 0. The molecule has 0 aromatic heterocycles. The van der Waals surface area contributed by atoms with Gasteiger partial charge >= 0.3 is 0 Å². The number of hydrogen-bond donors (Lipinski definition) is 0. The van der Waals surface area contributed by atoms with Crippen LogP contribution in [0.4, 0.5) is 0 Å². The average molecular weight is 220 g/mol. The lowest BCUT2D eigenvalue weighted by molar-refractivity contribution is 0.172. The van der Waals surface area contributed by atoms with E-state index in [1.807, 2.05) is 0 Å². The van der Waals surface area contributed by atoms with E-state index in [2.05, 4.69) is 32.9 Å². The maximum atomic E-state index is 5.60. The van der Waals surface area contributed by atoms with E-state index in [0.717, 1.165) is 30.8 Å². The molecular formula is C14H20O2. The second-order valence-corrected chi connectivity index (χ2v) is 4.80. The molecule has 0 spiro atoms. The van der Waals surface area contributed by atoms with Crippen LogP contribution in [0.1, 0.15) is 38.3 Å². The van der Waals surface area contributed by atoms with Crippen LogP contribution >= 0.6 is 0 Å². The molecule has 0 bridgehead atoms. The van der Waals surface area contributed by atoms with Gasteiger partial charge in [0, 0.05) is 0 Å². The largest absolute Gasteiger partial charge is 0.453 e. The van der Waals surface area contributed by atoms with Crippen molar-refractivity contribution >= 4 is 0 Å². The van der Waals surface area contributed by atoms with Gasteiger partial charge in [-0.15, -0.1) is 0 Å². The molecule has 0 unspecified atom stereocenters. The van der Waals surface area contributed by atoms with Crippen LogP contribution in [0.15, 0.2) is 12.1 Å². The third-order valence-electron chi connectivity index (χ3n) is 2.83. The minimum atomic E-state index is 0.376. The summed E-state index contributed by atoms with van der Waals surface area (Å²) in [5.74, 6) is 2.62. The average Bonchev–Trinajstić information content (AvgIpc) is 2.70. The lowest BCUT2D eigenvalue weighted by Crippen LogP contribution is -1.97. The van der Waals surface area contributed by atoms with Gasteiger partial charge in [0.15, 0.2) is 11.5 Å². The molecule has 1 aliphatic heterocycles. The number of benzene rings is 1. The molecule has 0 atom stereocenters. The summed E-state index contributed by atoms with van der Waals surface area (Å²) in [6.07, 6.45) is 3.26. The summed E-state index contributed by atoms with van der Waals surface area (Å²) in [7, 11) is 0. The Labute approximate surface area is 97.6 Å². The van der Waals surface area contributed by atoms with Crippen molar-refractivity contribution in [3.05, 3.63) is 23.3 Å². The van der Waals surface area contributed by atoms with E-state index in [9.17, 15) is 0 Å². The van der Waals surface area contributed by atoms with Crippen molar-refractivity contribution in [2.24, 2.45) is 5.92 Å². The number of aryl methyl sites for hydroxylation is 1. The van der Waals surface area contributed by atoms with Gasteiger partial charge in [0.1, 0.15) is 0 Å². The molecule has 0 saturated carbocycles. The molecule has 1 aromatic carbocycles. The number of hydrogen-bond acceptors (Lipinski definition) is 2. The van der Waals surface area contributed by atoms with Crippen LogP contribution < -0.4 is 9.47 Å². The van der Waals surface area contributed by atoms with E-state index in [4.69, 9.17) is 9.47 Å². The Hall–Kier alpha value is -1.18. The van der Waals surface area contributed by atoms with Gasteiger partial charge in [0.25, 0.3) is 0 Å². The van der Waals surface area contributed by atoms with Gasteiger partial charge in [0.05, 0.1) is 0 Å². The van der Waals surface area contributed by atoms with Crippen molar-refractivity contribution in [3.8, 4) is 11.5 Å². The number of rotatable bonds is 4. The fourth-order valence-electron chi connectivity index (χ4n) is 2.17. The van der Waals surface area contributed by atoms with Crippen LogP contribution in [0.3, 0.4) is 0 Å². The van der Waals surface area contributed by atoms with Gasteiger partial charge in [-0.25, -0.2) is 0 Å². The molecule has 88 valence electrons. The van der Waals surface area contributed by atoms with E-state index in [1.165, 1.54) is 11.1 Å². The summed E-state index contributed by atoms with van der Waals surface area (Å²) in [5, 5.41) is 0. The Morgan fingerprint density at radius 3 is 2.38 bits per heavy atom. The zero-order valence-electron chi connectivity index (χ0n) is 10.4. The lowest BCUT2D eigenvalue weighted by Gasteiger charge is -2.11. The molecule has 0 radical (unpaired) electrons. The van der Waals surface area contributed by atoms with Crippen LogP contribution in [0.5, 0.6) is 11.5 Å². The Balaban J connectivity index is 2.33. The Morgan fingerprint density at radius 1 is 1.12 bits per heavy atom. The molecule has 0 saturated heterocycles. The first-order chi connectivity index (χ1) is 7.72. The Bertz CT molecular complexity index is 369. The highest BCUT2D eigenvalue weighted by molar-refractivity contribution is 5.53. The van der Waals surface area contributed by atoms with Crippen LogP contribution in [0, 0.1) is 5.92 Å². The van der Waals surface area contributed by atoms with Gasteiger partial charge < -0.3 is 9.47 Å². The summed E-state index contributed by atoms with van der Waals surface area (Å²) in [5.41, 5.74) is 2.56. The van der Waals surface area contributed by atoms with Crippen molar-refractivity contribution in [2.45, 2.75) is 40.0 Å². The SMILES string of the molecule is CCCc1ccc(CC(C)C)c2c1OCO2. The monoisotopic (exact) mass is 220 g/mol. The molecule has 0 fully saturated rings. The van der Waals surface area contributed by atoms with Crippen molar-refractivity contribution in [3.63, 3.8) is 0 Å². The molecular weight excluding hydrogens is 200 g/mol. The molecule has 1 heterocycles. The van der Waals surface area contributed by atoms with Crippen LogP contribution in [-0.4, -0.2) is 6.79 Å². The standard InChI is InChI=1S/C14H20O2/c1-4-5-11-6-7-12(8-10(2)3)14-13(11)15-9-16-14/h6-7,10H,4-5,8-9H2,1-3H3. The summed E-state index contributed by atoms with van der Waals surface area (Å²) in [6, 6.07) is 4.38. The van der Waals surface area contributed by atoms with E-state index in [0.29, 0.717) is 12.7 Å². The third kappa shape index (κ3) is 2.16. The second kappa shape index (κ2) is 4.77. The first kappa shape index (κ1) is 11.3. The van der Waals surface area contributed by atoms with E-state index >= 15 is 0 Å². The van der Waals surface area contributed by atoms with Gasteiger partial charge in [-0.2, -0.15) is 0 Å². The smallest absolute Gasteiger partial charge is 0.231 e. The fourth-order valence-corrected chi connectivity index (χ4v) is 2.17. The second-order valence-electron chi connectivity index (χ2n) is 4.80. The zero-order chi connectivity index (χ0) is 11.5. The molecule has 0 N–H and O–H groups in total. The molecule has 0 amide bonds. The quantitative estimate of drug-likeness (QED) is 0.772. The number of fused-ring (bicyclic) bond motifs is 1. The van der Waals surface area contributed by atoms with Gasteiger partial charge in [0.2, 0.25) is 6.79 Å². The van der Waals surface area contributed by atoms with Gasteiger partial charge in [-0.05, 0) is 29.9 Å². The Kier molecular flexibility index (Phi) is 3.37. The summed E-state index contributed by atoms with van der Waals surface area (Å²) in [4.78, 5) is 0. The molecule has 0 aliphatic carbocycles. The van der Waals surface area contributed by atoms with Crippen molar-refractivity contribution in [1.82, 2.24) is 0 Å². The highest BCUT2D eigenvalue weighted by Crippen LogP contribution is 2.40. The minimum absolute atomic E-state index is 0.376. The molecule has 16 heavy (non-hydrogen) atoms. The van der Waals surface area contributed by atoms with Gasteiger partial charge in [-0.1, -0.05) is 39.3 Å². The van der Waals surface area contributed by atoms with Crippen LogP contribution in [0.2, 0.25) is 0 Å². The predicted molar refractivity (Wildman–Crippen MR) is 65.1 cm³/mol. The molecule has 2 heteroatoms. The molecule has 2 nitrogen and oxygen atoms in total. The highest BCUT2D eigenvalue weighted by Gasteiger charge is 2.21. The topological polar surface area (TPSA) is 18.5 Å². The molecule has 2 rings (SSSR count). The predicted octanol–water partition coefficient (Wildman–Crippen LogP) is 3.57. The zero-order valence-corrected chi connectivity index (χ0v) is 10.4. The minimum Gasteiger partial charge on any atom is -0.453 e. The van der Waals surface area contributed by atoms with E-state index in [1.54, 1.807) is 0 Å². The number of ether oxygens (including phenoxy) is 2. The van der Waals surface area contributed by atoms with Gasteiger partial charge in [-0.3, -0.25) is 0 Å². The van der Waals surface area contributed by atoms with Crippen molar-refractivity contribution in [2.75, 3.05) is 6.79 Å². The lowest BCUT2D eigenvalue weighted by atomic mass is 9.98. The fraction of sp³-hybridized carbons (Fsp3) is 0.571. The van der Waals surface area contributed by atoms with E-state index < -0.39 is 0 Å². The molecule has 1 aliphatic rings. The third-order valence-corrected chi connectivity index (χ3v) is 2.83.